The van der Waals surface area contributed by atoms with Crippen LogP contribution in [0.1, 0.15) is 6.42 Å². The Hall–Kier alpha value is -0.590. The summed E-state index contributed by atoms with van der Waals surface area (Å²) in [6.45, 7) is 1.61. The molecule has 0 aromatic heterocycles. The van der Waals surface area contributed by atoms with E-state index in [0.717, 1.165) is 0 Å². The minimum atomic E-state index is 0.403. The van der Waals surface area contributed by atoms with E-state index in [2.05, 4.69) is 9.47 Å². The van der Waals surface area contributed by atoms with E-state index in [9.17, 15) is 0 Å². The minimum Gasteiger partial charge on any atom is -0.351 e. The number of ether oxygens (including phenoxy) is 2. The summed E-state index contributed by atoms with van der Waals surface area (Å²) in [6, 6.07) is 1.93. The fraction of sp³-hybridized carbons (Fsp3) is 0.600. The third kappa shape index (κ3) is 5.41. The number of rotatable bonds is 4. The van der Waals surface area contributed by atoms with Crippen LogP contribution in [0, 0.1) is 18.1 Å². The van der Waals surface area contributed by atoms with Gasteiger partial charge in [0.05, 0.1) is 19.1 Å². The molecule has 1 radical (unpaired) electrons. The molecule has 0 fully saturated rings. The Morgan fingerprint density at radius 3 is 3.00 bits per heavy atom. The van der Waals surface area contributed by atoms with Crippen molar-refractivity contribution in [2.45, 2.75) is 6.42 Å². The Balaban J connectivity index is 2.65. The van der Waals surface area contributed by atoms with Crippen molar-refractivity contribution in [1.29, 1.82) is 5.26 Å². The first-order chi connectivity index (χ1) is 3.91. The van der Waals surface area contributed by atoms with Crippen molar-refractivity contribution in [3.8, 4) is 6.07 Å². The van der Waals surface area contributed by atoms with E-state index in [1.165, 1.54) is 13.9 Å². The molecule has 0 saturated heterocycles. The molecule has 0 bridgehead atoms. The molecule has 0 aliphatic rings. The zero-order chi connectivity index (χ0) is 6.24. The van der Waals surface area contributed by atoms with Gasteiger partial charge in [-0.2, -0.15) is 5.26 Å². The molecule has 8 heavy (non-hydrogen) atoms. The van der Waals surface area contributed by atoms with Gasteiger partial charge in [-0.15, -0.1) is 0 Å². The van der Waals surface area contributed by atoms with E-state index < -0.39 is 0 Å². The van der Waals surface area contributed by atoms with E-state index in [1.807, 2.05) is 6.07 Å². The lowest BCUT2D eigenvalue weighted by Gasteiger charge is -1.93. The first kappa shape index (κ1) is 7.41. The molecular formula is C5H8NO2. The van der Waals surface area contributed by atoms with Crippen molar-refractivity contribution in [2.24, 2.45) is 0 Å². The average molecular weight is 114 g/mol. The Morgan fingerprint density at radius 2 is 2.50 bits per heavy atom. The lowest BCUT2D eigenvalue weighted by Crippen LogP contribution is -1.90. The van der Waals surface area contributed by atoms with Crippen molar-refractivity contribution in [3.63, 3.8) is 0 Å². The molecule has 3 heteroatoms. The number of hydrogen-bond acceptors (Lipinski definition) is 3. The Bertz CT molecular complexity index is 77.0. The maximum Gasteiger partial charge on any atom is 0.209 e. The van der Waals surface area contributed by atoms with Gasteiger partial charge in [-0.1, -0.05) is 0 Å². The molecule has 3 nitrogen and oxygen atoms in total. The molecule has 0 unspecified atom stereocenters. The molecule has 45 valence electrons. The van der Waals surface area contributed by atoms with Gasteiger partial charge in [0.1, 0.15) is 0 Å². The van der Waals surface area contributed by atoms with Crippen LogP contribution in [-0.4, -0.2) is 13.7 Å². The predicted octanol–water partition coefficient (Wildman–Crippen LogP) is 0.682. The molecule has 0 saturated carbocycles. The molecule has 0 aliphatic carbocycles. The average Bonchev–Trinajstić information content (AvgIpc) is 1.81. The summed E-state index contributed by atoms with van der Waals surface area (Å²) in [7, 11) is 1.49. The highest BCUT2D eigenvalue weighted by atomic mass is 16.7. The number of hydrogen-bond donors (Lipinski definition) is 0. The third-order valence-corrected chi connectivity index (χ3v) is 0.496. The maximum atomic E-state index is 7.98. The van der Waals surface area contributed by atoms with Gasteiger partial charge in [0.2, 0.25) is 6.79 Å². The van der Waals surface area contributed by atoms with E-state index >= 15 is 0 Å². The normalized spacial score (nSPS) is 8.50. The molecule has 0 spiro atoms. The second-order valence-corrected chi connectivity index (χ2v) is 1.11. The quantitative estimate of drug-likeness (QED) is 0.505. The van der Waals surface area contributed by atoms with Gasteiger partial charge in [-0.25, -0.2) is 0 Å². The van der Waals surface area contributed by atoms with Crippen LogP contribution < -0.4 is 0 Å². The van der Waals surface area contributed by atoms with Crippen LogP contribution in [0.5, 0.6) is 0 Å². The van der Waals surface area contributed by atoms with Crippen molar-refractivity contribution >= 4 is 0 Å². The molecule has 0 rings (SSSR count). The topological polar surface area (TPSA) is 42.2 Å². The van der Waals surface area contributed by atoms with E-state index in [0.29, 0.717) is 13.0 Å². The van der Waals surface area contributed by atoms with Crippen LogP contribution in [0.2, 0.25) is 0 Å². The van der Waals surface area contributed by atoms with Gasteiger partial charge in [0.15, 0.2) is 0 Å². The first-order valence-electron chi connectivity index (χ1n) is 2.25. The maximum absolute atomic E-state index is 7.98. The fourth-order valence-electron chi connectivity index (χ4n) is 0.221. The molecule has 0 atom stereocenters. The van der Waals surface area contributed by atoms with Gasteiger partial charge >= 0.3 is 0 Å². The van der Waals surface area contributed by atoms with Crippen LogP contribution >= 0.6 is 0 Å². The van der Waals surface area contributed by atoms with Crippen LogP contribution in [0.3, 0.4) is 0 Å². The summed E-state index contributed by atoms with van der Waals surface area (Å²) in [5.74, 6) is 0. The molecule has 0 heterocycles. The SMILES string of the molecule is CO[CH]OCCC#N. The van der Waals surface area contributed by atoms with E-state index in [4.69, 9.17) is 5.26 Å². The largest absolute Gasteiger partial charge is 0.351 e. The second-order valence-electron chi connectivity index (χ2n) is 1.11. The van der Waals surface area contributed by atoms with Gasteiger partial charge < -0.3 is 9.47 Å². The van der Waals surface area contributed by atoms with Crippen molar-refractivity contribution in [1.82, 2.24) is 0 Å². The lowest BCUT2D eigenvalue weighted by atomic mass is 10.5. The number of nitriles is 1. The molecular weight excluding hydrogens is 106 g/mol. The van der Waals surface area contributed by atoms with Crippen molar-refractivity contribution in [3.05, 3.63) is 6.79 Å². The van der Waals surface area contributed by atoms with Crippen molar-refractivity contribution in [2.75, 3.05) is 13.7 Å². The summed E-state index contributed by atoms with van der Waals surface area (Å²) in [6.07, 6.45) is 0.403. The van der Waals surface area contributed by atoms with Gasteiger partial charge in [-0.3, -0.25) is 0 Å². The van der Waals surface area contributed by atoms with E-state index in [1.54, 1.807) is 0 Å². The first-order valence-corrected chi connectivity index (χ1v) is 2.25. The lowest BCUT2D eigenvalue weighted by molar-refractivity contribution is 0.0497. The Kier molecular flexibility index (Phi) is 5.94. The van der Waals surface area contributed by atoms with Gasteiger partial charge in [0.25, 0.3) is 0 Å². The van der Waals surface area contributed by atoms with Crippen LogP contribution in [0.15, 0.2) is 0 Å². The zero-order valence-electron chi connectivity index (χ0n) is 4.76. The highest BCUT2D eigenvalue weighted by molar-refractivity contribution is 4.67. The zero-order valence-corrected chi connectivity index (χ0v) is 4.76. The summed E-state index contributed by atoms with van der Waals surface area (Å²) < 4.78 is 9.09. The molecule has 0 aliphatic heterocycles. The highest BCUT2D eigenvalue weighted by Crippen LogP contribution is 1.83. The fourth-order valence-corrected chi connectivity index (χ4v) is 0.221. The smallest absolute Gasteiger partial charge is 0.209 e. The number of nitrogens with zero attached hydrogens (tertiary/aromatic N) is 1. The minimum absolute atomic E-state index is 0.403. The third-order valence-electron chi connectivity index (χ3n) is 0.496. The highest BCUT2D eigenvalue weighted by Gasteiger charge is 1.82. The Labute approximate surface area is 48.8 Å². The summed E-state index contributed by atoms with van der Waals surface area (Å²) in [5, 5.41) is 7.98. The second kappa shape index (κ2) is 6.41. The summed E-state index contributed by atoms with van der Waals surface area (Å²) in [4.78, 5) is 0. The van der Waals surface area contributed by atoms with Gasteiger partial charge in [-0.05, 0) is 0 Å². The molecule has 0 amide bonds. The van der Waals surface area contributed by atoms with E-state index in [-0.39, 0.29) is 0 Å². The monoisotopic (exact) mass is 114 g/mol. The summed E-state index contributed by atoms with van der Waals surface area (Å²) in [5.41, 5.74) is 0. The van der Waals surface area contributed by atoms with Gasteiger partial charge in [0, 0.05) is 7.11 Å². The van der Waals surface area contributed by atoms with Crippen LogP contribution in [0.25, 0.3) is 0 Å². The molecule has 0 aromatic carbocycles. The Morgan fingerprint density at radius 1 is 1.75 bits per heavy atom. The molecule has 0 N–H and O–H groups in total. The number of methoxy groups -OCH3 is 1. The summed E-state index contributed by atoms with van der Waals surface area (Å²) >= 11 is 0. The van der Waals surface area contributed by atoms with Crippen LogP contribution in [0.4, 0.5) is 0 Å². The molecule has 0 aromatic rings. The standard InChI is InChI=1S/C5H8NO2/c1-7-5-8-4-2-3-6/h5H,2,4H2,1H3. The predicted molar refractivity (Wildman–Crippen MR) is 27.5 cm³/mol. The van der Waals surface area contributed by atoms with Crippen LogP contribution in [-0.2, 0) is 9.47 Å². The van der Waals surface area contributed by atoms with Crippen molar-refractivity contribution < 1.29 is 9.47 Å².